The summed E-state index contributed by atoms with van der Waals surface area (Å²) >= 11 is 0. The fraction of sp³-hybridized carbons (Fsp3) is 0. The van der Waals surface area contributed by atoms with Crippen molar-refractivity contribution in [1.29, 1.82) is 0 Å². The maximum Gasteiger partial charge on any atom is 0.526 e. The highest BCUT2D eigenvalue weighted by Crippen LogP contribution is 2.17. The Morgan fingerprint density at radius 1 is 1.31 bits per heavy atom. The summed E-state index contributed by atoms with van der Waals surface area (Å²) in [5, 5.41) is 17.5. The van der Waals surface area contributed by atoms with Crippen molar-refractivity contribution >= 4 is 12.8 Å². The third-order valence-corrected chi connectivity index (χ3v) is 1.59. The topological polar surface area (TPSA) is 79.6 Å². The van der Waals surface area contributed by atoms with E-state index in [1.165, 1.54) is 24.9 Å². The second-order valence-electron chi connectivity index (χ2n) is 2.48. The van der Waals surface area contributed by atoms with Crippen LogP contribution in [0.1, 0.15) is 0 Å². The molecule has 2 rings (SSSR count). The summed E-state index contributed by atoms with van der Waals surface area (Å²) in [4.78, 5) is 3.72. The molecule has 0 fully saturated rings. The summed E-state index contributed by atoms with van der Waals surface area (Å²) in [6.07, 6.45) is 4.17. The first-order valence-corrected chi connectivity index (χ1v) is 3.61. The number of oxazole rings is 1. The Kier molecular flexibility index (Phi) is 1.92. The molecule has 0 saturated carbocycles. The highest BCUT2D eigenvalue weighted by atomic mass is 16.4. The largest absolute Gasteiger partial charge is 0.526 e. The van der Waals surface area contributed by atoms with Crippen molar-refractivity contribution in [2.75, 3.05) is 0 Å². The SMILES string of the molecule is OB(O)c1cc(-c2cnco2)co1. The van der Waals surface area contributed by atoms with Gasteiger partial charge in [0.25, 0.3) is 0 Å². The van der Waals surface area contributed by atoms with Gasteiger partial charge in [0.2, 0.25) is 0 Å². The van der Waals surface area contributed by atoms with Gasteiger partial charge >= 0.3 is 7.12 Å². The maximum absolute atomic E-state index is 8.75. The van der Waals surface area contributed by atoms with Gasteiger partial charge in [-0.1, -0.05) is 0 Å². The first-order valence-electron chi connectivity index (χ1n) is 3.61. The molecule has 2 aromatic heterocycles. The van der Waals surface area contributed by atoms with E-state index in [1.807, 2.05) is 0 Å². The summed E-state index contributed by atoms with van der Waals surface area (Å²) in [7, 11) is -1.60. The molecule has 0 aliphatic rings. The van der Waals surface area contributed by atoms with Gasteiger partial charge in [-0.15, -0.1) is 0 Å². The molecule has 0 unspecified atom stereocenters. The Balaban J connectivity index is 2.33. The highest BCUT2D eigenvalue weighted by Gasteiger charge is 2.17. The number of furan rings is 1. The number of hydrogen-bond acceptors (Lipinski definition) is 5. The van der Waals surface area contributed by atoms with Crippen molar-refractivity contribution in [3.63, 3.8) is 0 Å². The van der Waals surface area contributed by atoms with Crippen molar-refractivity contribution in [2.45, 2.75) is 0 Å². The Bertz CT molecular complexity index is 381. The zero-order valence-electron chi connectivity index (χ0n) is 6.54. The van der Waals surface area contributed by atoms with Crippen LogP contribution in [0.2, 0.25) is 0 Å². The van der Waals surface area contributed by atoms with Crippen LogP contribution in [0.3, 0.4) is 0 Å². The van der Waals surface area contributed by atoms with Gasteiger partial charge in [0.15, 0.2) is 12.2 Å². The van der Waals surface area contributed by atoms with Crippen LogP contribution in [-0.4, -0.2) is 22.2 Å². The minimum Gasteiger partial charge on any atom is -0.472 e. The van der Waals surface area contributed by atoms with Crippen molar-refractivity contribution in [3.8, 4) is 11.3 Å². The summed E-state index contributed by atoms with van der Waals surface area (Å²) < 4.78 is 9.84. The van der Waals surface area contributed by atoms with Gasteiger partial charge in [-0.05, 0) is 6.07 Å². The van der Waals surface area contributed by atoms with Crippen LogP contribution in [0.25, 0.3) is 11.3 Å². The zero-order valence-corrected chi connectivity index (χ0v) is 6.54. The molecule has 6 heteroatoms. The Morgan fingerprint density at radius 3 is 2.69 bits per heavy atom. The molecule has 0 aliphatic heterocycles. The molecule has 2 heterocycles. The molecular weight excluding hydrogens is 173 g/mol. The van der Waals surface area contributed by atoms with E-state index in [9.17, 15) is 0 Å². The third kappa shape index (κ3) is 1.49. The fourth-order valence-corrected chi connectivity index (χ4v) is 0.976. The lowest BCUT2D eigenvalue weighted by Crippen LogP contribution is -2.27. The summed E-state index contributed by atoms with van der Waals surface area (Å²) in [5.74, 6) is 0.524. The molecule has 2 aromatic rings. The highest BCUT2D eigenvalue weighted by molar-refractivity contribution is 6.57. The standard InChI is InChI=1S/C7H6BNO4/c10-8(11)7-1-5(3-12-7)6-2-9-4-13-6/h1-4,10-11H. The average molecular weight is 179 g/mol. The van der Waals surface area contributed by atoms with Crippen molar-refractivity contribution in [2.24, 2.45) is 0 Å². The molecular formula is C7H6BNO4. The third-order valence-electron chi connectivity index (χ3n) is 1.59. The van der Waals surface area contributed by atoms with Crippen LogP contribution in [0, 0.1) is 0 Å². The second kappa shape index (κ2) is 3.08. The Labute approximate surface area is 73.8 Å². The smallest absolute Gasteiger partial charge is 0.472 e. The molecule has 0 bridgehead atoms. The van der Waals surface area contributed by atoms with E-state index in [2.05, 4.69) is 4.98 Å². The molecule has 13 heavy (non-hydrogen) atoms. The van der Waals surface area contributed by atoms with Crippen LogP contribution >= 0.6 is 0 Å². The lowest BCUT2D eigenvalue weighted by molar-refractivity contribution is 0.409. The molecule has 0 aromatic carbocycles. The monoisotopic (exact) mass is 179 g/mol. The van der Waals surface area contributed by atoms with E-state index in [0.717, 1.165) is 0 Å². The fourth-order valence-electron chi connectivity index (χ4n) is 0.976. The number of nitrogens with zero attached hydrogens (tertiary/aromatic N) is 1. The average Bonchev–Trinajstić information content (AvgIpc) is 2.75. The quantitative estimate of drug-likeness (QED) is 0.613. The minimum absolute atomic E-state index is 0.0754. The van der Waals surface area contributed by atoms with Crippen LogP contribution < -0.4 is 5.66 Å². The minimum atomic E-state index is -1.60. The molecule has 0 saturated heterocycles. The van der Waals surface area contributed by atoms with E-state index >= 15 is 0 Å². The molecule has 0 atom stereocenters. The predicted molar refractivity (Wildman–Crippen MR) is 44.0 cm³/mol. The van der Waals surface area contributed by atoms with Gasteiger partial charge in [-0.25, -0.2) is 4.98 Å². The van der Waals surface area contributed by atoms with Crippen LogP contribution in [0.4, 0.5) is 0 Å². The number of rotatable bonds is 2. The van der Waals surface area contributed by atoms with Crippen molar-refractivity contribution in [1.82, 2.24) is 4.98 Å². The lowest BCUT2D eigenvalue weighted by atomic mass is 9.87. The predicted octanol–water partition coefficient (Wildman–Crippen LogP) is -0.386. The summed E-state index contributed by atoms with van der Waals surface area (Å²) in [5.41, 5.74) is 0.701. The number of aromatic nitrogens is 1. The van der Waals surface area contributed by atoms with Gasteiger partial charge in [-0.3, -0.25) is 0 Å². The first-order chi connectivity index (χ1) is 6.27. The molecule has 0 amide bonds. The number of hydrogen-bond donors (Lipinski definition) is 2. The molecule has 2 N–H and O–H groups in total. The lowest BCUT2D eigenvalue weighted by Gasteiger charge is -1.87. The van der Waals surface area contributed by atoms with Gasteiger partial charge < -0.3 is 18.9 Å². The van der Waals surface area contributed by atoms with Crippen molar-refractivity contribution in [3.05, 3.63) is 24.9 Å². The van der Waals surface area contributed by atoms with Gasteiger partial charge in [0, 0.05) is 0 Å². The van der Waals surface area contributed by atoms with Crippen LogP contribution in [0.15, 0.2) is 33.8 Å². The Morgan fingerprint density at radius 2 is 2.15 bits per heavy atom. The van der Waals surface area contributed by atoms with E-state index in [4.69, 9.17) is 18.9 Å². The molecule has 5 nitrogen and oxygen atoms in total. The normalized spacial score (nSPS) is 10.3. The first kappa shape index (κ1) is 8.09. The van der Waals surface area contributed by atoms with Gasteiger partial charge in [0.05, 0.1) is 11.8 Å². The van der Waals surface area contributed by atoms with Crippen LogP contribution in [-0.2, 0) is 0 Å². The molecule has 0 spiro atoms. The van der Waals surface area contributed by atoms with Gasteiger partial charge in [0.1, 0.15) is 11.9 Å². The second-order valence-corrected chi connectivity index (χ2v) is 2.48. The van der Waals surface area contributed by atoms with E-state index in [1.54, 1.807) is 0 Å². The van der Waals surface area contributed by atoms with E-state index in [0.29, 0.717) is 11.3 Å². The molecule has 0 aliphatic carbocycles. The van der Waals surface area contributed by atoms with Crippen molar-refractivity contribution < 1.29 is 18.9 Å². The van der Waals surface area contributed by atoms with E-state index in [-0.39, 0.29) is 5.66 Å². The Hall–Kier alpha value is -1.53. The van der Waals surface area contributed by atoms with E-state index < -0.39 is 7.12 Å². The molecule has 0 radical (unpaired) electrons. The zero-order chi connectivity index (χ0) is 9.26. The van der Waals surface area contributed by atoms with Gasteiger partial charge in [-0.2, -0.15) is 0 Å². The maximum atomic E-state index is 8.75. The summed E-state index contributed by atoms with van der Waals surface area (Å²) in [6.45, 7) is 0. The van der Waals surface area contributed by atoms with Crippen LogP contribution in [0.5, 0.6) is 0 Å². The summed E-state index contributed by atoms with van der Waals surface area (Å²) in [6, 6.07) is 1.48. The molecule has 66 valence electrons.